The fourth-order valence-corrected chi connectivity index (χ4v) is 2.96. The molecule has 2 aromatic rings. The number of aromatic amines is 1. The summed E-state index contributed by atoms with van der Waals surface area (Å²) in [7, 11) is -4.54. The van der Waals surface area contributed by atoms with Crippen LogP contribution in [-0.4, -0.2) is 34.4 Å². The summed E-state index contributed by atoms with van der Waals surface area (Å²) in [6, 6.07) is 2.70. The van der Waals surface area contributed by atoms with Gasteiger partial charge in [0.2, 0.25) is 5.09 Å². The zero-order valence-corrected chi connectivity index (χ0v) is 12.5. The van der Waals surface area contributed by atoms with Crippen molar-refractivity contribution < 1.29 is 17.4 Å². The topological polar surface area (TPSA) is 102 Å². The molecule has 0 radical (unpaired) electrons. The molecular formula is C12H12N3O4S2-. The van der Waals surface area contributed by atoms with Crippen molar-refractivity contribution in [3.8, 4) is 0 Å². The Labute approximate surface area is 126 Å². The number of rotatable bonds is 3. The fraction of sp³-hybridized carbons (Fsp3) is 0.333. The number of H-pyrrole nitrogens is 1. The maximum Gasteiger partial charge on any atom is 0.205 e. The molecule has 0 spiro atoms. The summed E-state index contributed by atoms with van der Waals surface area (Å²) in [6.45, 7) is 1.88. The Bertz CT molecular complexity index is 825. The van der Waals surface area contributed by atoms with Crippen LogP contribution >= 0.6 is 12.2 Å². The molecule has 0 fully saturated rings. The Morgan fingerprint density at radius 2 is 2.29 bits per heavy atom. The monoisotopic (exact) mass is 326 g/mol. The molecule has 0 unspecified atom stereocenters. The van der Waals surface area contributed by atoms with Crippen LogP contribution in [0.2, 0.25) is 0 Å². The summed E-state index contributed by atoms with van der Waals surface area (Å²) in [5, 5.41) is -0.541. The van der Waals surface area contributed by atoms with Crippen LogP contribution in [0.1, 0.15) is 17.0 Å². The van der Waals surface area contributed by atoms with Crippen molar-refractivity contribution in [3.05, 3.63) is 40.1 Å². The Morgan fingerprint density at radius 1 is 1.48 bits per heavy atom. The van der Waals surface area contributed by atoms with Gasteiger partial charge in [0.15, 0.2) is 14.9 Å². The van der Waals surface area contributed by atoms with Crippen LogP contribution in [0.4, 0.5) is 0 Å². The number of hydrogen-bond donors (Lipinski definition) is 1. The molecule has 3 heterocycles. The van der Waals surface area contributed by atoms with E-state index in [0.717, 1.165) is 24.2 Å². The second-order valence-corrected chi connectivity index (χ2v) is 6.52. The number of fused-ring (bicyclic) bond motifs is 1. The van der Waals surface area contributed by atoms with E-state index in [0.29, 0.717) is 23.6 Å². The van der Waals surface area contributed by atoms with Crippen LogP contribution in [0, 0.1) is 4.77 Å². The SMILES string of the molecule is O=S(=O)([O-])c1ccc(CN2CCc3[nH]c(=S)ncc3C2)o1. The number of nitrogens with one attached hydrogen (secondary N) is 1. The zero-order chi connectivity index (χ0) is 15.0. The molecule has 9 heteroatoms. The third-order valence-corrected chi connectivity index (χ3v) is 4.24. The second kappa shape index (κ2) is 5.34. The molecule has 1 N–H and O–H groups in total. The van der Waals surface area contributed by atoms with Crippen molar-refractivity contribution in [1.29, 1.82) is 0 Å². The Kier molecular flexibility index (Phi) is 3.66. The average Bonchev–Trinajstić information content (AvgIpc) is 2.87. The minimum absolute atomic E-state index is 0.435. The molecule has 1 aliphatic rings. The Hall–Kier alpha value is -1.55. The number of nitrogens with zero attached hydrogens (tertiary/aromatic N) is 2. The van der Waals surface area contributed by atoms with Gasteiger partial charge in [0.25, 0.3) is 0 Å². The first-order chi connectivity index (χ1) is 9.91. The third-order valence-electron chi connectivity index (χ3n) is 3.32. The lowest BCUT2D eigenvalue weighted by Gasteiger charge is -2.27. The van der Waals surface area contributed by atoms with E-state index in [1.165, 1.54) is 12.1 Å². The summed E-state index contributed by atoms with van der Waals surface area (Å²) < 4.78 is 38.1. The summed E-state index contributed by atoms with van der Waals surface area (Å²) in [5.41, 5.74) is 2.13. The molecule has 3 rings (SSSR count). The highest BCUT2D eigenvalue weighted by atomic mass is 32.2. The predicted molar refractivity (Wildman–Crippen MR) is 73.9 cm³/mol. The highest BCUT2D eigenvalue weighted by Gasteiger charge is 2.18. The van der Waals surface area contributed by atoms with E-state index < -0.39 is 15.2 Å². The first-order valence-corrected chi connectivity index (χ1v) is 8.07. The molecule has 0 bridgehead atoms. The molecule has 0 aliphatic carbocycles. The van der Waals surface area contributed by atoms with Crippen molar-refractivity contribution >= 4 is 22.3 Å². The molecule has 2 aromatic heterocycles. The van der Waals surface area contributed by atoms with E-state index in [2.05, 4.69) is 14.9 Å². The van der Waals surface area contributed by atoms with Crippen LogP contribution in [0.25, 0.3) is 0 Å². The van der Waals surface area contributed by atoms with Crippen molar-refractivity contribution in [2.24, 2.45) is 0 Å². The number of furan rings is 1. The molecule has 1 aliphatic heterocycles. The average molecular weight is 326 g/mol. The van der Waals surface area contributed by atoms with Crippen LogP contribution in [-0.2, 0) is 29.6 Å². The Morgan fingerprint density at radius 3 is 3.00 bits per heavy atom. The predicted octanol–water partition coefficient (Wildman–Crippen LogP) is 1.19. The van der Waals surface area contributed by atoms with E-state index in [1.807, 2.05) is 0 Å². The lowest BCUT2D eigenvalue weighted by atomic mass is 10.1. The zero-order valence-electron chi connectivity index (χ0n) is 10.9. The van der Waals surface area contributed by atoms with Crippen molar-refractivity contribution in [2.75, 3.05) is 6.54 Å². The lowest BCUT2D eigenvalue weighted by Crippen LogP contribution is -2.30. The summed E-state index contributed by atoms with van der Waals surface area (Å²) in [4.78, 5) is 9.21. The van der Waals surface area contributed by atoms with Crippen LogP contribution in [0.15, 0.2) is 27.8 Å². The van der Waals surface area contributed by atoms with Gasteiger partial charge in [0.05, 0.1) is 6.54 Å². The van der Waals surface area contributed by atoms with Gasteiger partial charge in [-0.1, -0.05) is 0 Å². The summed E-state index contributed by atoms with van der Waals surface area (Å²) in [6.07, 6.45) is 2.55. The molecule has 7 nitrogen and oxygen atoms in total. The molecule has 0 saturated carbocycles. The molecule has 0 saturated heterocycles. The van der Waals surface area contributed by atoms with E-state index in [-0.39, 0.29) is 0 Å². The van der Waals surface area contributed by atoms with E-state index >= 15 is 0 Å². The van der Waals surface area contributed by atoms with E-state index in [1.54, 1.807) is 6.20 Å². The minimum Gasteiger partial charge on any atom is -0.742 e. The van der Waals surface area contributed by atoms with E-state index in [9.17, 15) is 13.0 Å². The van der Waals surface area contributed by atoms with Gasteiger partial charge in [-0.25, -0.2) is 13.4 Å². The lowest BCUT2D eigenvalue weighted by molar-refractivity contribution is 0.216. The third kappa shape index (κ3) is 3.21. The van der Waals surface area contributed by atoms with Crippen LogP contribution in [0.3, 0.4) is 0 Å². The quantitative estimate of drug-likeness (QED) is 0.667. The van der Waals surface area contributed by atoms with Gasteiger partial charge in [0, 0.05) is 37.0 Å². The molecule has 0 amide bonds. The van der Waals surface area contributed by atoms with Gasteiger partial charge in [-0.2, -0.15) is 0 Å². The maximum atomic E-state index is 10.8. The molecule has 112 valence electrons. The normalized spacial score (nSPS) is 15.9. The first kappa shape index (κ1) is 14.4. The van der Waals surface area contributed by atoms with Gasteiger partial charge in [-0.3, -0.25) is 4.90 Å². The van der Waals surface area contributed by atoms with Gasteiger partial charge < -0.3 is 14.0 Å². The summed E-state index contributed by atoms with van der Waals surface area (Å²) in [5.74, 6) is 0.449. The largest absolute Gasteiger partial charge is 0.742 e. The second-order valence-electron chi connectivity index (χ2n) is 4.83. The molecular weight excluding hydrogens is 314 g/mol. The highest BCUT2D eigenvalue weighted by molar-refractivity contribution is 7.85. The number of aromatic nitrogens is 2. The molecule has 0 atom stereocenters. The number of hydrogen-bond acceptors (Lipinski definition) is 7. The highest BCUT2D eigenvalue weighted by Crippen LogP contribution is 2.20. The van der Waals surface area contributed by atoms with Crippen molar-refractivity contribution in [3.63, 3.8) is 0 Å². The van der Waals surface area contributed by atoms with Crippen LogP contribution < -0.4 is 0 Å². The van der Waals surface area contributed by atoms with E-state index in [4.69, 9.17) is 16.6 Å². The van der Waals surface area contributed by atoms with Gasteiger partial charge in [0.1, 0.15) is 5.76 Å². The molecule has 21 heavy (non-hydrogen) atoms. The first-order valence-electron chi connectivity index (χ1n) is 6.26. The standard InChI is InChI=1S/C12H13N3O4S2/c16-21(17,18)11-2-1-9(19-11)7-15-4-3-10-8(6-15)5-13-12(20)14-10/h1-2,5H,3-4,6-7H2,(H,13,14,20)(H,16,17,18)/p-1. The molecule has 0 aromatic carbocycles. The maximum absolute atomic E-state index is 10.8. The summed E-state index contributed by atoms with van der Waals surface area (Å²) >= 11 is 4.99. The van der Waals surface area contributed by atoms with Crippen molar-refractivity contribution in [1.82, 2.24) is 14.9 Å². The van der Waals surface area contributed by atoms with Crippen LogP contribution in [0.5, 0.6) is 0 Å². The van der Waals surface area contributed by atoms with Crippen molar-refractivity contribution in [2.45, 2.75) is 24.6 Å². The smallest absolute Gasteiger partial charge is 0.205 e. The fourth-order valence-electron chi connectivity index (χ4n) is 2.34. The van der Waals surface area contributed by atoms with Gasteiger partial charge >= 0.3 is 0 Å². The Balaban J connectivity index is 1.74. The minimum atomic E-state index is -4.54. The van der Waals surface area contributed by atoms with Gasteiger partial charge in [-0.05, 0) is 24.4 Å². The van der Waals surface area contributed by atoms with Gasteiger partial charge in [-0.15, -0.1) is 0 Å².